The van der Waals surface area contributed by atoms with Gasteiger partial charge in [0.25, 0.3) is 0 Å². The van der Waals surface area contributed by atoms with Crippen LogP contribution < -0.4 is 0 Å². The van der Waals surface area contributed by atoms with Crippen LogP contribution in [0.1, 0.15) is 17.7 Å². The lowest BCUT2D eigenvalue weighted by molar-refractivity contribution is 0.926. The van der Waals surface area contributed by atoms with E-state index in [1.165, 1.54) is 64.8 Å². The van der Waals surface area contributed by atoms with E-state index < -0.39 is 0 Å². The Balaban J connectivity index is 1.38. The maximum absolute atomic E-state index is 5.45. The summed E-state index contributed by atoms with van der Waals surface area (Å²) in [4.78, 5) is 10.9. The van der Waals surface area contributed by atoms with Crippen molar-refractivity contribution in [3.05, 3.63) is 127 Å². The molecule has 0 unspecified atom stereocenters. The fraction of sp³-hybridized carbons (Fsp3) is 0.0500. The molecule has 0 radical (unpaired) electrons. The van der Waals surface area contributed by atoms with E-state index in [9.17, 15) is 0 Å². The lowest BCUT2D eigenvalue weighted by Crippen LogP contribution is -2.03. The molecule has 10 aromatic rings. The van der Waals surface area contributed by atoms with E-state index in [4.69, 9.17) is 9.97 Å². The van der Waals surface area contributed by atoms with Gasteiger partial charge in [0.1, 0.15) is 0 Å². The predicted octanol–water partition coefficient (Wildman–Crippen LogP) is 10.6. The van der Waals surface area contributed by atoms with Gasteiger partial charge in [-0.1, -0.05) is 97.1 Å². The Morgan fingerprint density at radius 1 is 0.644 bits per heavy atom. The number of para-hydroxylation sites is 2. The minimum absolute atomic E-state index is 0.711. The third-order valence-corrected chi connectivity index (χ3v) is 10.9. The number of aryl methyl sites for hydroxylation is 1. The van der Waals surface area contributed by atoms with E-state index in [1.54, 1.807) is 11.3 Å². The lowest BCUT2D eigenvalue weighted by atomic mass is 9.98. The van der Waals surface area contributed by atoms with E-state index in [0.29, 0.717) is 5.95 Å². The molecular weight excluding hydrogens is 569 g/mol. The van der Waals surface area contributed by atoms with Crippen LogP contribution in [0.4, 0.5) is 0 Å². The molecule has 0 saturated carbocycles. The Labute approximate surface area is 261 Å². The molecule has 5 aromatic heterocycles. The predicted molar refractivity (Wildman–Crippen MR) is 189 cm³/mol. The molecule has 1 aliphatic carbocycles. The molecular formula is C40H24N4S. The Hall–Kier alpha value is -5.52. The van der Waals surface area contributed by atoms with E-state index in [-0.39, 0.29) is 0 Å². The summed E-state index contributed by atoms with van der Waals surface area (Å²) in [7, 11) is 0. The lowest BCUT2D eigenvalue weighted by Gasteiger charge is -2.12. The van der Waals surface area contributed by atoms with Crippen LogP contribution in [0, 0.1) is 0 Å². The number of fused-ring (bicyclic) bond motifs is 13. The van der Waals surface area contributed by atoms with Gasteiger partial charge in [-0.05, 0) is 37.1 Å². The van der Waals surface area contributed by atoms with E-state index in [0.717, 1.165) is 39.8 Å². The quantitative estimate of drug-likeness (QED) is 0.200. The average Bonchev–Trinajstić information content (AvgIpc) is 3.83. The third kappa shape index (κ3) is 3.01. The first kappa shape index (κ1) is 23.9. The van der Waals surface area contributed by atoms with Gasteiger partial charge in [-0.2, -0.15) is 0 Å². The van der Waals surface area contributed by atoms with Gasteiger partial charge in [0.2, 0.25) is 5.95 Å². The number of aromatic nitrogens is 4. The number of thiophene rings is 1. The van der Waals surface area contributed by atoms with Gasteiger partial charge in [0, 0.05) is 53.8 Å². The molecule has 4 nitrogen and oxygen atoms in total. The third-order valence-electron chi connectivity index (χ3n) is 9.73. The number of nitrogens with zero attached hydrogens (tertiary/aromatic N) is 4. The minimum atomic E-state index is 0.711. The van der Waals surface area contributed by atoms with Crippen molar-refractivity contribution < 1.29 is 0 Å². The zero-order valence-corrected chi connectivity index (χ0v) is 25.0. The Morgan fingerprint density at radius 2 is 1.36 bits per heavy atom. The van der Waals surface area contributed by atoms with E-state index >= 15 is 0 Å². The summed E-state index contributed by atoms with van der Waals surface area (Å²) in [6.07, 6.45) is 6.76. The Bertz CT molecular complexity index is 2870. The van der Waals surface area contributed by atoms with E-state index in [1.807, 2.05) is 0 Å². The first-order valence-electron chi connectivity index (χ1n) is 15.5. The molecule has 0 fully saturated rings. The molecule has 0 aliphatic heterocycles. The van der Waals surface area contributed by atoms with Gasteiger partial charge in [-0.25, -0.2) is 9.97 Å². The maximum atomic E-state index is 5.45. The van der Waals surface area contributed by atoms with Crippen LogP contribution in [0.15, 0.2) is 115 Å². The highest BCUT2D eigenvalue weighted by molar-refractivity contribution is 7.26. The van der Waals surface area contributed by atoms with Gasteiger partial charge >= 0.3 is 0 Å². The van der Waals surface area contributed by atoms with Crippen molar-refractivity contribution in [3.63, 3.8) is 0 Å². The first-order chi connectivity index (χ1) is 22.3. The Morgan fingerprint density at radius 3 is 2.22 bits per heavy atom. The highest BCUT2D eigenvalue weighted by atomic mass is 32.1. The van der Waals surface area contributed by atoms with Crippen LogP contribution in [0.25, 0.3) is 92.6 Å². The van der Waals surface area contributed by atoms with Crippen LogP contribution >= 0.6 is 11.3 Å². The molecule has 0 spiro atoms. The molecule has 45 heavy (non-hydrogen) atoms. The summed E-state index contributed by atoms with van der Waals surface area (Å²) in [5.74, 6) is 0.711. The maximum Gasteiger partial charge on any atom is 0.235 e. The second-order valence-corrected chi connectivity index (χ2v) is 13.1. The monoisotopic (exact) mass is 592 g/mol. The molecule has 5 heterocycles. The SMILES string of the molecule is C1=Cc2c(n3c4ccccc4c4cc5c6ccccc6n(-c6nc(-c7ccccc7)c7sc8ccccc8c7n6)c5c2c43)CC1. The zero-order chi connectivity index (χ0) is 29.2. The summed E-state index contributed by atoms with van der Waals surface area (Å²) in [6, 6.07) is 39.2. The second kappa shape index (κ2) is 8.56. The van der Waals surface area contributed by atoms with Crippen LogP contribution in [-0.2, 0) is 6.42 Å². The highest BCUT2D eigenvalue weighted by Gasteiger charge is 2.28. The average molecular weight is 593 g/mol. The summed E-state index contributed by atoms with van der Waals surface area (Å²) in [6.45, 7) is 0. The number of hydrogen-bond donors (Lipinski definition) is 0. The normalized spacial score (nSPS) is 13.5. The van der Waals surface area contributed by atoms with Crippen LogP contribution in [0.2, 0.25) is 0 Å². The first-order valence-corrected chi connectivity index (χ1v) is 16.3. The number of rotatable bonds is 2. The molecule has 0 atom stereocenters. The fourth-order valence-electron chi connectivity index (χ4n) is 7.90. The number of allylic oxidation sites excluding steroid dienone is 1. The summed E-state index contributed by atoms with van der Waals surface area (Å²) in [5.41, 5.74) is 10.7. The molecule has 210 valence electrons. The zero-order valence-electron chi connectivity index (χ0n) is 24.2. The molecule has 0 N–H and O–H groups in total. The fourth-order valence-corrected chi connectivity index (χ4v) is 9.05. The van der Waals surface area contributed by atoms with Crippen molar-refractivity contribution in [1.82, 2.24) is 18.9 Å². The molecule has 5 heteroatoms. The topological polar surface area (TPSA) is 35.1 Å². The van der Waals surface area contributed by atoms with E-state index in [2.05, 4.69) is 130 Å². The van der Waals surface area contributed by atoms with Crippen molar-refractivity contribution in [1.29, 1.82) is 0 Å². The van der Waals surface area contributed by atoms with Gasteiger partial charge in [-0.15, -0.1) is 11.3 Å². The highest BCUT2D eigenvalue weighted by Crippen LogP contribution is 2.47. The van der Waals surface area contributed by atoms with Gasteiger partial charge in [0.05, 0.1) is 38.0 Å². The minimum Gasteiger partial charge on any atom is -0.312 e. The molecule has 5 aromatic carbocycles. The standard InChI is InChI=1S/C40H24N4S/c1-2-12-23(13-3-1)35-39-36(27-17-7-11-21-33(27)45-39)42-40(41-35)44-31-19-9-5-15-25(31)29-22-28-24-14-4-8-18-30(24)43-32-20-10-6-16-26(32)34(37(28)43)38(29)44/h1-9,11-19,21-22H,10,20H2. The van der Waals surface area contributed by atoms with Crippen molar-refractivity contribution in [3.8, 4) is 17.2 Å². The van der Waals surface area contributed by atoms with Gasteiger partial charge in [-0.3, -0.25) is 4.57 Å². The molecule has 11 rings (SSSR count). The number of benzene rings is 5. The number of hydrogen-bond acceptors (Lipinski definition) is 3. The van der Waals surface area contributed by atoms with Crippen molar-refractivity contribution in [2.45, 2.75) is 12.8 Å². The van der Waals surface area contributed by atoms with Gasteiger partial charge in [0.15, 0.2) is 0 Å². The smallest absolute Gasteiger partial charge is 0.235 e. The summed E-state index contributed by atoms with van der Waals surface area (Å²) in [5, 5.41) is 7.54. The summed E-state index contributed by atoms with van der Waals surface area (Å²) >= 11 is 1.78. The van der Waals surface area contributed by atoms with Crippen LogP contribution in [0.5, 0.6) is 0 Å². The van der Waals surface area contributed by atoms with Crippen molar-refractivity contribution in [2.24, 2.45) is 0 Å². The van der Waals surface area contributed by atoms with Crippen molar-refractivity contribution in [2.75, 3.05) is 0 Å². The Kier molecular flexibility index (Phi) is 4.54. The molecule has 0 saturated heterocycles. The largest absolute Gasteiger partial charge is 0.312 e. The van der Waals surface area contributed by atoms with Crippen LogP contribution in [-0.4, -0.2) is 18.9 Å². The summed E-state index contributed by atoms with van der Waals surface area (Å²) < 4.78 is 7.23. The van der Waals surface area contributed by atoms with Crippen LogP contribution in [0.3, 0.4) is 0 Å². The molecule has 1 aliphatic rings. The van der Waals surface area contributed by atoms with Crippen molar-refractivity contribution >= 4 is 86.7 Å². The molecule has 0 amide bonds. The molecule has 0 bridgehead atoms. The van der Waals surface area contributed by atoms with Gasteiger partial charge < -0.3 is 4.40 Å². The second-order valence-electron chi connectivity index (χ2n) is 12.1.